The molecular weight excluding hydrogens is 340 g/mol. The Morgan fingerprint density at radius 1 is 1.04 bits per heavy atom. The van der Waals surface area contributed by atoms with Gasteiger partial charge in [0.15, 0.2) is 5.76 Å². The molecule has 1 heterocycles. The van der Waals surface area contributed by atoms with Gasteiger partial charge in [0, 0.05) is 19.5 Å². The first-order chi connectivity index (χ1) is 13.1. The van der Waals surface area contributed by atoms with Crippen molar-refractivity contribution in [3.05, 3.63) is 60.1 Å². The van der Waals surface area contributed by atoms with Gasteiger partial charge in [-0.3, -0.25) is 9.59 Å². The van der Waals surface area contributed by atoms with Crippen LogP contribution in [0.3, 0.4) is 0 Å². The smallest absolute Gasteiger partial charge is 0.287 e. The molecule has 5 heteroatoms. The molecule has 0 bridgehead atoms. The Morgan fingerprint density at radius 2 is 1.74 bits per heavy atom. The molecule has 1 unspecified atom stereocenters. The largest absolute Gasteiger partial charge is 0.459 e. The SMILES string of the molecule is CCC(CC)CN(CC)C(=O)C(Cc1ccccc1)NC(=O)c1ccco1. The molecule has 5 nitrogen and oxygen atoms in total. The second-order valence-electron chi connectivity index (χ2n) is 6.75. The van der Waals surface area contributed by atoms with Crippen LogP contribution >= 0.6 is 0 Å². The summed E-state index contributed by atoms with van der Waals surface area (Å²) in [5.41, 5.74) is 1.01. The van der Waals surface area contributed by atoms with Gasteiger partial charge in [0.2, 0.25) is 5.91 Å². The Kier molecular flexibility index (Phi) is 8.11. The zero-order valence-corrected chi connectivity index (χ0v) is 16.5. The number of benzene rings is 1. The van der Waals surface area contributed by atoms with Gasteiger partial charge >= 0.3 is 0 Å². The van der Waals surface area contributed by atoms with E-state index in [1.807, 2.05) is 42.2 Å². The fourth-order valence-corrected chi connectivity index (χ4v) is 3.14. The van der Waals surface area contributed by atoms with E-state index in [4.69, 9.17) is 4.42 Å². The molecule has 2 amide bonds. The minimum absolute atomic E-state index is 0.0480. The van der Waals surface area contributed by atoms with Crippen molar-refractivity contribution in [2.75, 3.05) is 13.1 Å². The molecule has 0 aliphatic carbocycles. The molecule has 0 saturated carbocycles. The molecule has 1 aromatic heterocycles. The number of hydrogen-bond donors (Lipinski definition) is 1. The molecule has 0 aliphatic rings. The summed E-state index contributed by atoms with van der Waals surface area (Å²) in [6, 6.07) is 12.4. The van der Waals surface area contributed by atoms with Crippen LogP contribution in [0.4, 0.5) is 0 Å². The number of carbonyl (C=O) groups is 2. The Bertz CT molecular complexity index is 694. The van der Waals surface area contributed by atoms with E-state index in [1.165, 1.54) is 6.26 Å². The van der Waals surface area contributed by atoms with E-state index in [0.29, 0.717) is 25.4 Å². The van der Waals surface area contributed by atoms with Crippen LogP contribution in [-0.2, 0) is 11.2 Å². The number of furan rings is 1. The highest BCUT2D eigenvalue weighted by atomic mass is 16.3. The predicted octanol–water partition coefficient (Wildman–Crippen LogP) is 3.91. The van der Waals surface area contributed by atoms with Gasteiger partial charge in [-0.25, -0.2) is 0 Å². The molecule has 1 atom stereocenters. The van der Waals surface area contributed by atoms with Crippen molar-refractivity contribution >= 4 is 11.8 Å². The monoisotopic (exact) mass is 370 g/mol. The van der Waals surface area contributed by atoms with Gasteiger partial charge in [-0.2, -0.15) is 0 Å². The Hall–Kier alpha value is -2.56. The Balaban J connectivity index is 2.18. The number of amides is 2. The number of nitrogens with one attached hydrogen (secondary N) is 1. The summed E-state index contributed by atoms with van der Waals surface area (Å²) in [4.78, 5) is 27.6. The first-order valence-electron chi connectivity index (χ1n) is 9.76. The summed E-state index contributed by atoms with van der Waals surface area (Å²) in [7, 11) is 0. The zero-order valence-electron chi connectivity index (χ0n) is 16.5. The van der Waals surface area contributed by atoms with Crippen molar-refractivity contribution in [1.82, 2.24) is 10.2 Å². The summed E-state index contributed by atoms with van der Waals surface area (Å²) in [6.45, 7) is 7.61. The molecule has 0 radical (unpaired) electrons. The van der Waals surface area contributed by atoms with E-state index >= 15 is 0 Å². The maximum absolute atomic E-state index is 13.2. The van der Waals surface area contributed by atoms with Crippen LogP contribution in [0.25, 0.3) is 0 Å². The predicted molar refractivity (Wildman–Crippen MR) is 106 cm³/mol. The van der Waals surface area contributed by atoms with Crippen molar-refractivity contribution < 1.29 is 14.0 Å². The van der Waals surface area contributed by atoms with Gasteiger partial charge in [0.05, 0.1) is 6.26 Å². The van der Waals surface area contributed by atoms with Crippen LogP contribution in [0.1, 0.15) is 49.7 Å². The summed E-state index contributed by atoms with van der Waals surface area (Å²) in [5.74, 6) is 0.261. The zero-order chi connectivity index (χ0) is 19.6. The highest BCUT2D eigenvalue weighted by molar-refractivity contribution is 5.95. The molecule has 146 valence electrons. The molecule has 2 rings (SSSR count). The van der Waals surface area contributed by atoms with Crippen molar-refractivity contribution in [3.63, 3.8) is 0 Å². The van der Waals surface area contributed by atoms with Gasteiger partial charge < -0.3 is 14.6 Å². The third-order valence-corrected chi connectivity index (χ3v) is 4.96. The summed E-state index contributed by atoms with van der Waals surface area (Å²) in [6.07, 6.45) is 3.96. The van der Waals surface area contributed by atoms with Crippen LogP contribution in [0.5, 0.6) is 0 Å². The summed E-state index contributed by atoms with van der Waals surface area (Å²) >= 11 is 0. The van der Waals surface area contributed by atoms with E-state index < -0.39 is 6.04 Å². The van der Waals surface area contributed by atoms with Crippen molar-refractivity contribution in [2.45, 2.75) is 46.1 Å². The van der Waals surface area contributed by atoms with Crippen LogP contribution in [0, 0.1) is 5.92 Å². The molecule has 0 fully saturated rings. The topological polar surface area (TPSA) is 62.6 Å². The lowest BCUT2D eigenvalue weighted by Gasteiger charge is -2.29. The van der Waals surface area contributed by atoms with Crippen molar-refractivity contribution in [3.8, 4) is 0 Å². The second kappa shape index (κ2) is 10.6. The Morgan fingerprint density at radius 3 is 2.30 bits per heavy atom. The molecule has 0 aliphatic heterocycles. The van der Waals surface area contributed by atoms with Crippen molar-refractivity contribution in [1.29, 1.82) is 0 Å². The molecule has 27 heavy (non-hydrogen) atoms. The number of carbonyl (C=O) groups excluding carboxylic acids is 2. The van der Waals surface area contributed by atoms with E-state index in [9.17, 15) is 9.59 Å². The van der Waals surface area contributed by atoms with Crippen LogP contribution in [0.15, 0.2) is 53.1 Å². The molecule has 2 aromatic rings. The minimum atomic E-state index is -0.626. The molecular formula is C22H30N2O3. The normalized spacial score (nSPS) is 12.0. The summed E-state index contributed by atoms with van der Waals surface area (Å²) < 4.78 is 5.18. The number of nitrogens with zero attached hydrogens (tertiary/aromatic N) is 1. The van der Waals surface area contributed by atoms with Crippen LogP contribution in [0.2, 0.25) is 0 Å². The number of likely N-dealkylation sites (N-methyl/N-ethyl adjacent to an activating group) is 1. The quantitative estimate of drug-likeness (QED) is 0.690. The average Bonchev–Trinajstić information content (AvgIpc) is 3.24. The lowest BCUT2D eigenvalue weighted by Crippen LogP contribution is -2.50. The second-order valence-corrected chi connectivity index (χ2v) is 6.75. The highest BCUT2D eigenvalue weighted by Crippen LogP contribution is 2.13. The number of rotatable bonds is 10. The molecule has 0 spiro atoms. The van der Waals surface area contributed by atoms with Gasteiger partial charge in [0.1, 0.15) is 6.04 Å². The van der Waals surface area contributed by atoms with Crippen LogP contribution < -0.4 is 5.32 Å². The maximum atomic E-state index is 13.2. The molecule has 1 N–H and O–H groups in total. The molecule has 0 saturated heterocycles. The number of hydrogen-bond acceptors (Lipinski definition) is 3. The van der Waals surface area contributed by atoms with Gasteiger partial charge in [-0.05, 0) is 30.5 Å². The first kappa shape index (κ1) is 20.7. The lowest BCUT2D eigenvalue weighted by atomic mass is 10.0. The maximum Gasteiger partial charge on any atom is 0.287 e. The van der Waals surface area contributed by atoms with Crippen molar-refractivity contribution in [2.24, 2.45) is 5.92 Å². The van der Waals surface area contributed by atoms with Gasteiger partial charge in [0.25, 0.3) is 5.91 Å². The third-order valence-electron chi connectivity index (χ3n) is 4.96. The van der Waals surface area contributed by atoms with E-state index in [-0.39, 0.29) is 17.6 Å². The highest BCUT2D eigenvalue weighted by Gasteiger charge is 2.27. The van der Waals surface area contributed by atoms with Gasteiger partial charge in [-0.15, -0.1) is 0 Å². The fourth-order valence-electron chi connectivity index (χ4n) is 3.14. The standard InChI is InChI=1S/C22H30N2O3/c1-4-17(5-2)16-24(6-3)22(26)19(15-18-11-8-7-9-12-18)23-21(25)20-13-10-14-27-20/h7-14,17,19H,4-6,15-16H2,1-3H3,(H,23,25). The fraction of sp³-hybridized carbons (Fsp3) is 0.455. The first-order valence-corrected chi connectivity index (χ1v) is 9.76. The van der Waals surface area contributed by atoms with E-state index in [0.717, 1.165) is 18.4 Å². The molecule has 1 aromatic carbocycles. The van der Waals surface area contributed by atoms with E-state index in [2.05, 4.69) is 19.2 Å². The minimum Gasteiger partial charge on any atom is -0.459 e. The lowest BCUT2D eigenvalue weighted by molar-refractivity contribution is -0.133. The summed E-state index contributed by atoms with van der Waals surface area (Å²) in [5, 5.41) is 2.87. The van der Waals surface area contributed by atoms with Crippen LogP contribution in [-0.4, -0.2) is 35.8 Å². The average molecular weight is 370 g/mol. The third kappa shape index (κ3) is 5.98. The van der Waals surface area contributed by atoms with Gasteiger partial charge in [-0.1, -0.05) is 57.0 Å². The van der Waals surface area contributed by atoms with E-state index in [1.54, 1.807) is 12.1 Å². The Labute approximate surface area is 161 Å².